The maximum atomic E-state index is 6.30. The molecule has 0 saturated carbocycles. The van der Waals surface area contributed by atoms with E-state index >= 15 is 0 Å². The quantitative estimate of drug-likeness (QED) is 0.834. The largest absolute Gasteiger partial charge is 0.486 e. The molecule has 0 N–H and O–H groups in total. The van der Waals surface area contributed by atoms with Crippen LogP contribution in [0.3, 0.4) is 0 Å². The van der Waals surface area contributed by atoms with Gasteiger partial charge < -0.3 is 4.74 Å². The normalized spacial score (nSPS) is 10.6. The number of hydrogen-bond acceptors (Lipinski definition) is 3. The first-order chi connectivity index (χ1) is 8.76. The van der Waals surface area contributed by atoms with Gasteiger partial charge in [-0.05, 0) is 25.5 Å². The van der Waals surface area contributed by atoms with Gasteiger partial charge in [0, 0.05) is 12.7 Å². The van der Waals surface area contributed by atoms with Gasteiger partial charge in [0.05, 0.1) is 22.6 Å². The van der Waals surface area contributed by atoms with Gasteiger partial charge in [-0.1, -0.05) is 18.5 Å². The summed E-state index contributed by atoms with van der Waals surface area (Å²) in [5, 5.41) is 5.16. The summed E-state index contributed by atoms with van der Waals surface area (Å²) in [7, 11) is 0. The molecular weight excluding hydrogens is 250 g/mol. The first-order valence-corrected chi connectivity index (χ1v) is 6.40. The van der Waals surface area contributed by atoms with Crippen LogP contribution in [-0.4, -0.2) is 14.8 Å². The number of pyridine rings is 1. The van der Waals surface area contributed by atoms with Gasteiger partial charge in [-0.2, -0.15) is 5.10 Å². The maximum Gasteiger partial charge on any atom is 0.138 e. The molecule has 2 aromatic heterocycles. The average Bonchev–Trinajstić information content (AvgIpc) is 2.73. The number of aryl methyl sites for hydroxylation is 2. The van der Waals surface area contributed by atoms with Crippen molar-refractivity contribution in [3.8, 4) is 5.75 Å². The Morgan fingerprint density at radius 2 is 2.22 bits per heavy atom. The highest BCUT2D eigenvalue weighted by atomic mass is 35.5. The summed E-state index contributed by atoms with van der Waals surface area (Å²) in [4.78, 5) is 4.00. The van der Waals surface area contributed by atoms with Crippen molar-refractivity contribution in [1.29, 1.82) is 0 Å². The molecule has 2 rings (SSSR count). The van der Waals surface area contributed by atoms with Gasteiger partial charge >= 0.3 is 0 Å². The Balaban J connectivity index is 2.16. The third kappa shape index (κ3) is 2.64. The van der Waals surface area contributed by atoms with E-state index in [-0.39, 0.29) is 0 Å². The van der Waals surface area contributed by atoms with Gasteiger partial charge in [0.2, 0.25) is 0 Å². The second-order valence-electron chi connectivity index (χ2n) is 3.85. The molecule has 0 aliphatic carbocycles. The third-order valence-corrected chi connectivity index (χ3v) is 3.14. The molecule has 0 aliphatic rings. The first kappa shape index (κ1) is 12.9. The molecule has 0 saturated heterocycles. The molecule has 0 atom stereocenters. The zero-order chi connectivity index (χ0) is 13.0. The standard InChI is InChI=1S/C13H16ClN3O/c1-3-11-13(14)12(17(4-2)16-11)9-18-10-6-5-7-15-8-10/h5-8H,3-4,9H2,1-2H3. The molecule has 0 fully saturated rings. The van der Waals surface area contributed by atoms with E-state index in [4.69, 9.17) is 16.3 Å². The summed E-state index contributed by atoms with van der Waals surface area (Å²) in [6.45, 7) is 5.27. The van der Waals surface area contributed by atoms with E-state index in [1.165, 1.54) is 0 Å². The molecule has 5 heteroatoms. The molecule has 0 bridgehead atoms. The van der Waals surface area contributed by atoms with Crippen molar-refractivity contribution in [2.45, 2.75) is 33.4 Å². The Morgan fingerprint density at radius 3 is 2.83 bits per heavy atom. The smallest absolute Gasteiger partial charge is 0.138 e. The molecule has 2 aromatic rings. The predicted octanol–water partition coefficient (Wildman–Crippen LogP) is 3.09. The number of nitrogens with zero attached hydrogens (tertiary/aromatic N) is 3. The van der Waals surface area contributed by atoms with E-state index in [0.29, 0.717) is 11.6 Å². The van der Waals surface area contributed by atoms with E-state index in [1.54, 1.807) is 12.4 Å². The van der Waals surface area contributed by atoms with Crippen LogP contribution in [0.1, 0.15) is 25.2 Å². The number of rotatable bonds is 5. The second kappa shape index (κ2) is 5.87. The van der Waals surface area contributed by atoms with Crippen LogP contribution >= 0.6 is 11.6 Å². The van der Waals surface area contributed by atoms with E-state index in [2.05, 4.69) is 10.1 Å². The van der Waals surface area contributed by atoms with Gasteiger partial charge in [-0.3, -0.25) is 9.67 Å². The fourth-order valence-electron chi connectivity index (χ4n) is 1.74. The Bertz CT molecular complexity index is 510. The molecule has 18 heavy (non-hydrogen) atoms. The minimum atomic E-state index is 0.408. The topological polar surface area (TPSA) is 39.9 Å². The van der Waals surface area contributed by atoms with Crippen molar-refractivity contribution in [2.75, 3.05) is 0 Å². The highest BCUT2D eigenvalue weighted by Crippen LogP contribution is 2.23. The van der Waals surface area contributed by atoms with Crippen molar-refractivity contribution in [3.63, 3.8) is 0 Å². The molecule has 0 spiro atoms. The Morgan fingerprint density at radius 1 is 1.39 bits per heavy atom. The molecule has 0 amide bonds. The summed E-state index contributed by atoms with van der Waals surface area (Å²) < 4.78 is 7.55. The van der Waals surface area contributed by atoms with Crippen LogP contribution in [0.25, 0.3) is 0 Å². The van der Waals surface area contributed by atoms with Crippen molar-refractivity contribution in [1.82, 2.24) is 14.8 Å². The highest BCUT2D eigenvalue weighted by molar-refractivity contribution is 6.31. The number of hydrogen-bond donors (Lipinski definition) is 0. The predicted molar refractivity (Wildman–Crippen MR) is 70.9 cm³/mol. The fraction of sp³-hybridized carbons (Fsp3) is 0.385. The summed E-state index contributed by atoms with van der Waals surface area (Å²) in [5.74, 6) is 0.732. The molecular formula is C13H16ClN3O. The van der Waals surface area contributed by atoms with E-state index in [1.807, 2.05) is 30.7 Å². The molecule has 2 heterocycles. The molecule has 4 nitrogen and oxygen atoms in total. The van der Waals surface area contributed by atoms with Gasteiger partial charge in [0.1, 0.15) is 12.4 Å². The lowest BCUT2D eigenvalue weighted by Crippen LogP contribution is -2.06. The third-order valence-electron chi connectivity index (χ3n) is 2.70. The van der Waals surface area contributed by atoms with Gasteiger partial charge in [0.15, 0.2) is 0 Å². The summed E-state index contributed by atoms with van der Waals surface area (Å²) in [6.07, 6.45) is 4.22. The lowest BCUT2D eigenvalue weighted by Gasteiger charge is -2.07. The van der Waals surface area contributed by atoms with Crippen molar-refractivity contribution in [2.24, 2.45) is 0 Å². The minimum absolute atomic E-state index is 0.408. The summed E-state index contributed by atoms with van der Waals surface area (Å²) >= 11 is 6.30. The van der Waals surface area contributed by atoms with Crippen LogP contribution in [-0.2, 0) is 19.6 Å². The monoisotopic (exact) mass is 265 g/mol. The van der Waals surface area contributed by atoms with Gasteiger partial charge in [-0.15, -0.1) is 0 Å². The zero-order valence-corrected chi connectivity index (χ0v) is 11.3. The lowest BCUT2D eigenvalue weighted by atomic mass is 10.3. The average molecular weight is 266 g/mol. The van der Waals surface area contributed by atoms with Crippen LogP contribution in [0.2, 0.25) is 5.02 Å². The van der Waals surface area contributed by atoms with Gasteiger partial charge in [-0.25, -0.2) is 0 Å². The second-order valence-corrected chi connectivity index (χ2v) is 4.23. The number of ether oxygens (including phenoxy) is 1. The highest BCUT2D eigenvalue weighted by Gasteiger charge is 2.14. The summed E-state index contributed by atoms with van der Waals surface area (Å²) in [5.41, 5.74) is 1.84. The van der Waals surface area contributed by atoms with E-state index in [0.717, 1.165) is 30.1 Å². The Labute approximate surface area is 112 Å². The van der Waals surface area contributed by atoms with Crippen LogP contribution in [0.5, 0.6) is 5.75 Å². The number of halogens is 1. The Hall–Kier alpha value is -1.55. The SMILES string of the molecule is CCc1nn(CC)c(COc2cccnc2)c1Cl. The molecule has 0 aromatic carbocycles. The molecule has 0 unspecified atom stereocenters. The van der Waals surface area contributed by atoms with E-state index in [9.17, 15) is 0 Å². The Kier molecular flexibility index (Phi) is 4.20. The van der Waals surface area contributed by atoms with Gasteiger partial charge in [0.25, 0.3) is 0 Å². The maximum absolute atomic E-state index is 6.30. The molecule has 0 radical (unpaired) electrons. The van der Waals surface area contributed by atoms with Crippen LogP contribution in [0.15, 0.2) is 24.5 Å². The van der Waals surface area contributed by atoms with Crippen molar-refractivity contribution in [3.05, 3.63) is 40.9 Å². The first-order valence-electron chi connectivity index (χ1n) is 6.03. The van der Waals surface area contributed by atoms with Crippen molar-refractivity contribution < 1.29 is 4.74 Å². The van der Waals surface area contributed by atoms with Crippen LogP contribution < -0.4 is 4.74 Å². The van der Waals surface area contributed by atoms with Crippen LogP contribution in [0, 0.1) is 0 Å². The van der Waals surface area contributed by atoms with E-state index < -0.39 is 0 Å². The molecule has 0 aliphatic heterocycles. The zero-order valence-electron chi connectivity index (χ0n) is 10.6. The lowest BCUT2D eigenvalue weighted by molar-refractivity contribution is 0.291. The fourth-order valence-corrected chi connectivity index (χ4v) is 2.06. The summed E-state index contributed by atoms with van der Waals surface area (Å²) in [6, 6.07) is 3.71. The van der Waals surface area contributed by atoms with Crippen molar-refractivity contribution >= 4 is 11.6 Å². The molecule has 96 valence electrons. The minimum Gasteiger partial charge on any atom is -0.486 e. The van der Waals surface area contributed by atoms with Crippen LogP contribution in [0.4, 0.5) is 0 Å². The number of aromatic nitrogens is 3.